The van der Waals surface area contributed by atoms with Gasteiger partial charge in [-0.05, 0) is 48.8 Å². The lowest BCUT2D eigenvalue weighted by atomic mass is 9.96. The van der Waals surface area contributed by atoms with E-state index in [1.807, 2.05) is 0 Å². The molecule has 3 nitrogen and oxygen atoms in total. The Balaban J connectivity index is 1.91. The molecule has 0 heterocycles. The summed E-state index contributed by atoms with van der Waals surface area (Å²) in [6.07, 6.45) is 2.51. The third-order valence-electron chi connectivity index (χ3n) is 3.96. The third kappa shape index (κ3) is 3.35. The van der Waals surface area contributed by atoms with Crippen LogP contribution in [-0.4, -0.2) is 18.0 Å². The number of rotatable bonds is 5. The Hall–Kier alpha value is -1.35. The molecule has 1 aromatic rings. The van der Waals surface area contributed by atoms with Crippen LogP contribution in [0.25, 0.3) is 0 Å². The fourth-order valence-electron chi connectivity index (χ4n) is 2.17. The number of nitrogens with one attached hydrogen (secondary N) is 1. The zero-order valence-electron chi connectivity index (χ0n) is 12.1. The highest BCUT2D eigenvalue weighted by Crippen LogP contribution is 2.32. The zero-order valence-corrected chi connectivity index (χ0v) is 12.1. The van der Waals surface area contributed by atoms with Crippen LogP contribution < -0.4 is 11.1 Å². The Morgan fingerprint density at radius 1 is 1.42 bits per heavy atom. The van der Waals surface area contributed by atoms with E-state index in [2.05, 4.69) is 44.3 Å². The van der Waals surface area contributed by atoms with Gasteiger partial charge < -0.3 is 11.1 Å². The summed E-state index contributed by atoms with van der Waals surface area (Å²) < 4.78 is 0. The molecule has 0 radical (unpaired) electrons. The first kappa shape index (κ1) is 14.1. The summed E-state index contributed by atoms with van der Waals surface area (Å²) in [6, 6.07) is 6.60. The van der Waals surface area contributed by atoms with Crippen LogP contribution in [0, 0.1) is 6.92 Å². The molecule has 0 bridgehead atoms. The molecule has 1 fully saturated rings. The van der Waals surface area contributed by atoms with Crippen molar-refractivity contribution in [3.63, 3.8) is 0 Å². The van der Waals surface area contributed by atoms with Crippen LogP contribution >= 0.6 is 0 Å². The molecule has 3 N–H and O–H groups in total. The summed E-state index contributed by atoms with van der Waals surface area (Å²) in [6.45, 7) is 7.18. The molecule has 2 rings (SSSR count). The second kappa shape index (κ2) is 5.33. The quantitative estimate of drug-likeness (QED) is 0.853. The maximum absolute atomic E-state index is 11.7. The average Bonchev–Trinajstić information content (AvgIpc) is 3.10. The second-order valence-electron chi connectivity index (χ2n) is 6.00. The van der Waals surface area contributed by atoms with Crippen molar-refractivity contribution in [1.29, 1.82) is 0 Å². The van der Waals surface area contributed by atoms with E-state index in [1.54, 1.807) is 0 Å². The van der Waals surface area contributed by atoms with Crippen LogP contribution in [0.15, 0.2) is 18.2 Å². The summed E-state index contributed by atoms with van der Waals surface area (Å²) in [4.78, 5) is 11.7. The van der Waals surface area contributed by atoms with Gasteiger partial charge in [0, 0.05) is 6.54 Å². The molecule has 104 valence electrons. The Bertz CT molecular complexity index is 476. The molecule has 3 heteroatoms. The maximum Gasteiger partial charge on any atom is 0.240 e. The van der Waals surface area contributed by atoms with Crippen LogP contribution in [0.3, 0.4) is 0 Å². The Labute approximate surface area is 115 Å². The molecule has 0 aromatic heterocycles. The molecule has 1 aliphatic rings. The predicted octanol–water partition coefficient (Wildman–Crippen LogP) is 2.27. The minimum absolute atomic E-state index is 0.00478. The normalized spacial score (nSPS) is 16.5. The van der Waals surface area contributed by atoms with Gasteiger partial charge in [0.25, 0.3) is 0 Å². The van der Waals surface area contributed by atoms with Crippen LogP contribution in [0.1, 0.15) is 49.3 Å². The molecule has 0 unspecified atom stereocenters. The van der Waals surface area contributed by atoms with Crippen LogP contribution in [0.5, 0.6) is 0 Å². The lowest BCUT2D eigenvalue weighted by Gasteiger charge is -2.13. The molecule has 1 aliphatic carbocycles. The van der Waals surface area contributed by atoms with Crippen molar-refractivity contribution in [2.24, 2.45) is 5.73 Å². The number of hydrogen-bond acceptors (Lipinski definition) is 2. The van der Waals surface area contributed by atoms with Crippen molar-refractivity contribution in [2.45, 2.75) is 51.5 Å². The highest BCUT2D eigenvalue weighted by Gasteiger charge is 2.45. The van der Waals surface area contributed by atoms with E-state index in [0.29, 0.717) is 12.5 Å². The lowest BCUT2D eigenvalue weighted by molar-refractivity contribution is -0.123. The predicted molar refractivity (Wildman–Crippen MR) is 78.1 cm³/mol. The highest BCUT2D eigenvalue weighted by molar-refractivity contribution is 5.88. The largest absolute Gasteiger partial charge is 0.354 e. The topological polar surface area (TPSA) is 55.1 Å². The summed E-state index contributed by atoms with van der Waals surface area (Å²) in [5.41, 5.74) is 9.24. The van der Waals surface area contributed by atoms with E-state index in [9.17, 15) is 4.79 Å². The summed E-state index contributed by atoms with van der Waals surface area (Å²) in [5.74, 6) is 0.540. The Morgan fingerprint density at radius 2 is 2.11 bits per heavy atom. The SMILES string of the molecule is Cc1ccc(C(C)C)cc1CCNC(=O)C1(N)CC1. The Morgan fingerprint density at radius 3 is 2.68 bits per heavy atom. The summed E-state index contributed by atoms with van der Waals surface area (Å²) in [7, 11) is 0. The summed E-state index contributed by atoms with van der Waals surface area (Å²) in [5, 5.41) is 2.95. The van der Waals surface area contributed by atoms with Gasteiger partial charge in [-0.25, -0.2) is 0 Å². The van der Waals surface area contributed by atoms with Crippen molar-refractivity contribution in [3.8, 4) is 0 Å². The second-order valence-corrected chi connectivity index (χ2v) is 6.00. The molecule has 0 spiro atoms. The van der Waals surface area contributed by atoms with Crippen molar-refractivity contribution in [1.82, 2.24) is 5.32 Å². The fraction of sp³-hybridized carbons (Fsp3) is 0.562. The van der Waals surface area contributed by atoms with E-state index in [1.165, 1.54) is 16.7 Å². The van der Waals surface area contributed by atoms with E-state index in [-0.39, 0.29) is 5.91 Å². The van der Waals surface area contributed by atoms with Crippen LogP contribution in [0.2, 0.25) is 0 Å². The number of nitrogens with two attached hydrogens (primary N) is 1. The highest BCUT2D eigenvalue weighted by atomic mass is 16.2. The van der Waals surface area contributed by atoms with Gasteiger partial charge in [0.05, 0.1) is 5.54 Å². The van der Waals surface area contributed by atoms with Gasteiger partial charge in [-0.1, -0.05) is 32.0 Å². The number of amides is 1. The smallest absolute Gasteiger partial charge is 0.240 e. The van der Waals surface area contributed by atoms with Gasteiger partial charge in [0.1, 0.15) is 0 Å². The van der Waals surface area contributed by atoms with Gasteiger partial charge >= 0.3 is 0 Å². The van der Waals surface area contributed by atoms with Crippen LogP contribution in [0.4, 0.5) is 0 Å². The van der Waals surface area contributed by atoms with Crippen molar-refractivity contribution >= 4 is 5.91 Å². The van der Waals surface area contributed by atoms with Gasteiger partial charge in [-0.15, -0.1) is 0 Å². The lowest BCUT2D eigenvalue weighted by Crippen LogP contribution is -2.43. The van der Waals surface area contributed by atoms with Gasteiger partial charge in [-0.2, -0.15) is 0 Å². The average molecular weight is 260 g/mol. The number of carbonyl (C=O) groups excluding carboxylic acids is 1. The van der Waals surface area contributed by atoms with E-state index < -0.39 is 5.54 Å². The maximum atomic E-state index is 11.7. The molecule has 19 heavy (non-hydrogen) atoms. The first-order valence-corrected chi connectivity index (χ1v) is 7.09. The fourth-order valence-corrected chi connectivity index (χ4v) is 2.17. The number of carbonyl (C=O) groups is 1. The van der Waals surface area contributed by atoms with Crippen molar-refractivity contribution < 1.29 is 4.79 Å². The standard InChI is InChI=1S/C16H24N2O/c1-11(2)13-5-4-12(3)14(10-13)6-9-18-15(19)16(17)7-8-16/h4-5,10-11H,6-9,17H2,1-3H3,(H,18,19). The molecular formula is C16H24N2O. The summed E-state index contributed by atoms with van der Waals surface area (Å²) >= 11 is 0. The van der Waals surface area contributed by atoms with E-state index in [4.69, 9.17) is 5.73 Å². The molecule has 0 atom stereocenters. The van der Waals surface area contributed by atoms with Gasteiger partial charge in [0.2, 0.25) is 5.91 Å². The zero-order chi connectivity index (χ0) is 14.0. The molecule has 1 aromatic carbocycles. The molecule has 0 aliphatic heterocycles. The van der Waals surface area contributed by atoms with Crippen molar-refractivity contribution in [3.05, 3.63) is 34.9 Å². The number of aryl methyl sites for hydroxylation is 1. The molecule has 1 saturated carbocycles. The van der Waals surface area contributed by atoms with E-state index >= 15 is 0 Å². The minimum atomic E-state index is -0.561. The monoisotopic (exact) mass is 260 g/mol. The number of benzene rings is 1. The van der Waals surface area contributed by atoms with Crippen molar-refractivity contribution in [2.75, 3.05) is 6.54 Å². The van der Waals surface area contributed by atoms with Crippen LogP contribution in [-0.2, 0) is 11.2 Å². The minimum Gasteiger partial charge on any atom is -0.354 e. The Kier molecular flexibility index (Phi) is 3.95. The molecule has 1 amide bonds. The van der Waals surface area contributed by atoms with Gasteiger partial charge in [-0.3, -0.25) is 4.79 Å². The first-order valence-electron chi connectivity index (χ1n) is 7.09. The first-order chi connectivity index (χ1) is 8.92. The molecular weight excluding hydrogens is 236 g/mol. The van der Waals surface area contributed by atoms with Gasteiger partial charge in [0.15, 0.2) is 0 Å². The third-order valence-corrected chi connectivity index (χ3v) is 3.96. The number of hydrogen-bond donors (Lipinski definition) is 2. The van der Waals surface area contributed by atoms with E-state index in [0.717, 1.165) is 19.3 Å². The molecule has 0 saturated heterocycles.